The van der Waals surface area contributed by atoms with Crippen LogP contribution in [-0.4, -0.2) is 14.6 Å². The average molecular weight is 447 g/mol. The SMILES string of the molecule is N#Cc1c[nH]n2c(Nc3ccccc3Br)c(-c3ccc(Cl)c(Cl)c3)nc12. The highest BCUT2D eigenvalue weighted by molar-refractivity contribution is 9.10. The first-order valence-electron chi connectivity index (χ1n) is 7.55. The van der Waals surface area contributed by atoms with Gasteiger partial charge in [-0.15, -0.1) is 0 Å². The lowest BCUT2D eigenvalue weighted by Crippen LogP contribution is -1.98. The van der Waals surface area contributed by atoms with Crippen LogP contribution in [0, 0.1) is 11.3 Å². The number of aromatic amines is 1. The molecule has 0 bridgehead atoms. The summed E-state index contributed by atoms with van der Waals surface area (Å²) in [6, 6.07) is 15.2. The number of hydrogen-bond donors (Lipinski definition) is 2. The molecule has 2 aromatic heterocycles. The standard InChI is InChI=1S/C18H10BrCl2N5/c19-12-3-1-2-4-15(12)24-18-16(10-5-6-13(20)14(21)7-10)25-17-11(8-22)9-23-26(17)18/h1-7,9,23-24H. The third kappa shape index (κ3) is 2.84. The Kier molecular flexibility index (Phi) is 4.37. The molecule has 2 heterocycles. The van der Waals surface area contributed by atoms with Gasteiger partial charge >= 0.3 is 0 Å². The number of imidazole rings is 1. The fourth-order valence-corrected chi connectivity index (χ4v) is 3.33. The molecule has 0 unspecified atom stereocenters. The van der Waals surface area contributed by atoms with Crippen LogP contribution in [0.3, 0.4) is 0 Å². The lowest BCUT2D eigenvalue weighted by Gasteiger charge is -2.10. The van der Waals surface area contributed by atoms with Crippen molar-refractivity contribution >= 4 is 56.3 Å². The number of fused-ring (bicyclic) bond motifs is 1. The molecule has 0 fully saturated rings. The molecule has 0 aliphatic heterocycles. The molecule has 0 amide bonds. The maximum Gasteiger partial charge on any atom is 0.173 e. The van der Waals surface area contributed by atoms with Crippen molar-refractivity contribution in [2.45, 2.75) is 0 Å². The topological polar surface area (TPSA) is 68.9 Å². The van der Waals surface area contributed by atoms with Gasteiger partial charge in [0.2, 0.25) is 0 Å². The van der Waals surface area contributed by atoms with E-state index in [0.29, 0.717) is 32.8 Å². The molecule has 0 saturated carbocycles. The van der Waals surface area contributed by atoms with E-state index in [9.17, 15) is 5.26 Å². The molecule has 0 atom stereocenters. The van der Waals surface area contributed by atoms with Crippen molar-refractivity contribution in [3.8, 4) is 17.3 Å². The summed E-state index contributed by atoms with van der Waals surface area (Å²) in [4.78, 5) is 4.64. The Bertz CT molecular complexity index is 1170. The van der Waals surface area contributed by atoms with Crippen LogP contribution < -0.4 is 5.32 Å². The molecule has 0 spiro atoms. The summed E-state index contributed by atoms with van der Waals surface area (Å²) in [6.07, 6.45) is 1.62. The molecule has 0 radical (unpaired) electrons. The van der Waals surface area contributed by atoms with Crippen LogP contribution in [0.1, 0.15) is 5.56 Å². The monoisotopic (exact) mass is 445 g/mol. The van der Waals surface area contributed by atoms with Gasteiger partial charge < -0.3 is 5.32 Å². The highest BCUT2D eigenvalue weighted by atomic mass is 79.9. The molecular weight excluding hydrogens is 437 g/mol. The van der Waals surface area contributed by atoms with Gasteiger partial charge in [0.1, 0.15) is 17.3 Å². The smallest absolute Gasteiger partial charge is 0.173 e. The second kappa shape index (κ2) is 6.69. The van der Waals surface area contributed by atoms with E-state index in [-0.39, 0.29) is 0 Å². The fourth-order valence-electron chi connectivity index (χ4n) is 2.65. The normalized spacial score (nSPS) is 10.8. The number of hydrogen-bond acceptors (Lipinski definition) is 3. The Balaban J connectivity index is 1.94. The number of nitrogens with zero attached hydrogens (tertiary/aromatic N) is 3. The van der Waals surface area contributed by atoms with Crippen LogP contribution in [0.25, 0.3) is 16.9 Å². The minimum Gasteiger partial charge on any atom is -0.337 e. The first kappa shape index (κ1) is 17.0. The summed E-state index contributed by atoms with van der Waals surface area (Å²) < 4.78 is 2.64. The second-order valence-corrected chi connectivity index (χ2v) is 7.17. The summed E-state index contributed by atoms with van der Waals surface area (Å²) in [6.45, 7) is 0. The van der Waals surface area contributed by atoms with Crippen molar-refractivity contribution in [3.63, 3.8) is 0 Å². The van der Waals surface area contributed by atoms with E-state index in [0.717, 1.165) is 15.7 Å². The number of anilines is 2. The van der Waals surface area contributed by atoms with Crippen molar-refractivity contribution in [3.05, 3.63) is 68.7 Å². The van der Waals surface area contributed by atoms with E-state index < -0.39 is 0 Å². The molecule has 4 aromatic rings. The molecule has 0 saturated heterocycles. The fraction of sp³-hybridized carbons (Fsp3) is 0. The van der Waals surface area contributed by atoms with Crippen LogP contribution in [0.2, 0.25) is 10.0 Å². The van der Waals surface area contributed by atoms with Gasteiger partial charge in [0, 0.05) is 16.2 Å². The predicted octanol–water partition coefficient (Wildman–Crippen LogP) is 6.01. The third-order valence-electron chi connectivity index (χ3n) is 3.90. The Morgan fingerprint density at radius 2 is 1.96 bits per heavy atom. The lowest BCUT2D eigenvalue weighted by molar-refractivity contribution is 0.980. The minimum absolute atomic E-state index is 0.438. The van der Waals surface area contributed by atoms with Crippen molar-refractivity contribution < 1.29 is 0 Å². The van der Waals surface area contributed by atoms with E-state index >= 15 is 0 Å². The molecule has 4 rings (SSSR count). The van der Waals surface area contributed by atoms with Gasteiger partial charge in [0.25, 0.3) is 0 Å². The molecule has 0 aliphatic carbocycles. The number of nitrogens with one attached hydrogen (secondary N) is 2. The molecule has 8 heteroatoms. The van der Waals surface area contributed by atoms with Crippen molar-refractivity contribution in [1.29, 1.82) is 5.26 Å². The van der Waals surface area contributed by atoms with Crippen LogP contribution in [0.15, 0.2) is 53.1 Å². The van der Waals surface area contributed by atoms with Crippen molar-refractivity contribution in [1.82, 2.24) is 14.6 Å². The zero-order chi connectivity index (χ0) is 18.3. The number of rotatable bonds is 3. The van der Waals surface area contributed by atoms with Crippen LogP contribution in [-0.2, 0) is 0 Å². The number of para-hydroxylation sites is 1. The zero-order valence-electron chi connectivity index (χ0n) is 13.1. The molecular formula is C18H10BrCl2N5. The Morgan fingerprint density at radius 3 is 2.69 bits per heavy atom. The van der Waals surface area contributed by atoms with Gasteiger partial charge in [-0.25, -0.2) is 9.50 Å². The van der Waals surface area contributed by atoms with E-state index in [1.165, 1.54) is 0 Å². The zero-order valence-corrected chi connectivity index (χ0v) is 16.2. The van der Waals surface area contributed by atoms with E-state index in [1.807, 2.05) is 30.3 Å². The Hall–Kier alpha value is -2.46. The predicted molar refractivity (Wildman–Crippen MR) is 107 cm³/mol. The number of halogens is 3. The van der Waals surface area contributed by atoms with E-state index in [2.05, 4.69) is 37.4 Å². The highest BCUT2D eigenvalue weighted by Crippen LogP contribution is 2.36. The minimum atomic E-state index is 0.438. The quantitative estimate of drug-likeness (QED) is 0.404. The van der Waals surface area contributed by atoms with Gasteiger partial charge in [-0.1, -0.05) is 41.4 Å². The molecule has 128 valence electrons. The summed E-state index contributed by atoms with van der Waals surface area (Å²) in [5.74, 6) is 0.687. The number of nitriles is 1. The van der Waals surface area contributed by atoms with E-state index in [4.69, 9.17) is 23.2 Å². The Morgan fingerprint density at radius 1 is 1.15 bits per heavy atom. The van der Waals surface area contributed by atoms with Gasteiger partial charge in [-0.3, -0.25) is 5.10 Å². The Labute approximate surface area is 167 Å². The van der Waals surface area contributed by atoms with Gasteiger partial charge in [-0.2, -0.15) is 5.26 Å². The first-order valence-corrected chi connectivity index (χ1v) is 9.10. The average Bonchev–Trinajstić information content (AvgIpc) is 3.19. The molecule has 2 N–H and O–H groups in total. The van der Waals surface area contributed by atoms with Crippen LogP contribution in [0.4, 0.5) is 11.5 Å². The largest absolute Gasteiger partial charge is 0.337 e. The maximum absolute atomic E-state index is 9.32. The number of H-pyrrole nitrogens is 1. The molecule has 2 aromatic carbocycles. The van der Waals surface area contributed by atoms with Gasteiger partial charge in [-0.05, 0) is 40.2 Å². The molecule has 26 heavy (non-hydrogen) atoms. The first-order chi connectivity index (χ1) is 12.6. The second-order valence-electron chi connectivity index (χ2n) is 5.50. The number of aromatic nitrogens is 3. The molecule has 5 nitrogen and oxygen atoms in total. The van der Waals surface area contributed by atoms with Crippen LogP contribution >= 0.6 is 39.1 Å². The van der Waals surface area contributed by atoms with Crippen LogP contribution in [0.5, 0.6) is 0 Å². The van der Waals surface area contributed by atoms with Gasteiger partial charge in [0.15, 0.2) is 11.5 Å². The maximum atomic E-state index is 9.32. The highest BCUT2D eigenvalue weighted by Gasteiger charge is 2.19. The lowest BCUT2D eigenvalue weighted by atomic mass is 10.1. The summed E-state index contributed by atoms with van der Waals surface area (Å²) in [5.41, 5.74) is 3.29. The van der Waals surface area contributed by atoms with Crippen molar-refractivity contribution in [2.75, 3.05) is 5.32 Å². The summed E-state index contributed by atoms with van der Waals surface area (Å²) in [7, 11) is 0. The summed E-state index contributed by atoms with van der Waals surface area (Å²) in [5, 5.41) is 16.7. The molecule has 0 aliphatic rings. The van der Waals surface area contributed by atoms with Gasteiger partial charge in [0.05, 0.1) is 15.7 Å². The third-order valence-corrected chi connectivity index (χ3v) is 5.33. The van der Waals surface area contributed by atoms with E-state index in [1.54, 1.807) is 22.8 Å². The summed E-state index contributed by atoms with van der Waals surface area (Å²) >= 11 is 15.7. The van der Waals surface area contributed by atoms with Crippen molar-refractivity contribution in [2.24, 2.45) is 0 Å². The number of benzene rings is 2.